The van der Waals surface area contributed by atoms with Crippen LogP contribution >= 0.6 is 0 Å². The molecule has 0 fully saturated rings. The number of Topliss-reactive ketones (excluding diaryl/α,β-unsaturated/α-hetero) is 1. The minimum absolute atomic E-state index is 0.00731. The molecule has 0 bridgehead atoms. The van der Waals surface area contributed by atoms with Crippen molar-refractivity contribution in [1.82, 2.24) is 40.3 Å². The topological polar surface area (TPSA) is 341 Å². The number of phenols is 2. The lowest BCUT2D eigenvalue weighted by Crippen LogP contribution is -2.38. The number of nitrogens with zero attached hydrogens (tertiary/aromatic N) is 6. The Morgan fingerprint density at radius 3 is 2.16 bits per heavy atom. The lowest BCUT2D eigenvalue weighted by molar-refractivity contribution is -0.137. The first-order valence-corrected chi connectivity index (χ1v) is 26.5. The van der Waals surface area contributed by atoms with E-state index in [0.29, 0.717) is 42.6 Å². The molecular formula is C56H66N10O15. The van der Waals surface area contributed by atoms with Crippen LogP contribution in [0.4, 0.5) is 20.1 Å². The molecule has 25 nitrogen and oxygen atoms in total. The Balaban J connectivity index is 0.849. The van der Waals surface area contributed by atoms with Crippen LogP contribution in [0, 0.1) is 11.8 Å². The molecule has 0 saturated heterocycles. The number of methoxy groups -OCH3 is 1. The molecule has 1 aliphatic heterocycles. The molecule has 4 aromatic rings. The zero-order valence-electron chi connectivity index (χ0n) is 45.7. The molecule has 0 saturated carbocycles. The number of fused-ring (bicyclic) bond motifs is 3. The number of aromatic nitrogens is 3. The first-order chi connectivity index (χ1) is 38.7. The van der Waals surface area contributed by atoms with Crippen LogP contribution in [-0.2, 0) is 52.9 Å². The van der Waals surface area contributed by atoms with E-state index in [9.17, 15) is 58.2 Å². The van der Waals surface area contributed by atoms with E-state index in [-0.39, 0.29) is 128 Å². The second-order valence-electron chi connectivity index (χ2n) is 20.3. The van der Waals surface area contributed by atoms with Gasteiger partial charge in [0.2, 0.25) is 17.6 Å². The summed E-state index contributed by atoms with van der Waals surface area (Å²) in [6, 6.07) is 8.88. The van der Waals surface area contributed by atoms with Gasteiger partial charge in [0.25, 0.3) is 11.8 Å². The number of carbonyl (C=O) groups excluding carboxylic acids is 10. The zero-order chi connectivity index (χ0) is 58.7. The number of nitrogens with two attached hydrogens (primary N) is 1. The average molecular weight is 1120 g/mol. The summed E-state index contributed by atoms with van der Waals surface area (Å²) in [7, 11) is 4.25. The van der Waals surface area contributed by atoms with Crippen molar-refractivity contribution < 1.29 is 72.4 Å². The van der Waals surface area contributed by atoms with E-state index in [1.807, 2.05) is 13.8 Å². The van der Waals surface area contributed by atoms with E-state index < -0.39 is 77.6 Å². The number of rotatable bonds is 25. The third-order valence-electron chi connectivity index (χ3n) is 14.4. The van der Waals surface area contributed by atoms with E-state index in [0.717, 1.165) is 4.90 Å². The third-order valence-corrected chi connectivity index (χ3v) is 14.4. The number of imide groups is 1. The molecule has 3 unspecified atom stereocenters. The fourth-order valence-corrected chi connectivity index (χ4v) is 9.78. The number of likely N-dealkylation sites (N-methyl/N-ethyl adjacent to an activating group) is 2. The molecule has 3 atom stereocenters. The SMILES string of the molecule is COc1cccc2c1C(=O)c1c(O)c3c(c(O)c1C2=O)CC(C(=O)COC(=O)N(C)CCN(C)C(=O)OCc1ccc(NC(=O)C(CCCNC(N)=O)n2cc(C(NC(=O)CCCCCN4C(=O)C=CC4=O)C(C)C)nn2)cc1)CC3. The van der Waals surface area contributed by atoms with Gasteiger partial charge in [-0.3, -0.25) is 38.5 Å². The van der Waals surface area contributed by atoms with Crippen LogP contribution in [0.5, 0.6) is 17.2 Å². The first kappa shape index (κ1) is 59.5. The largest absolute Gasteiger partial charge is 0.507 e. The summed E-state index contributed by atoms with van der Waals surface area (Å²) < 4.78 is 17.5. The van der Waals surface area contributed by atoms with Crippen molar-refractivity contribution in [1.29, 1.82) is 0 Å². The zero-order valence-corrected chi connectivity index (χ0v) is 45.7. The molecule has 0 radical (unpaired) electrons. The van der Waals surface area contributed by atoms with Gasteiger partial charge in [-0.05, 0) is 74.6 Å². The fraction of sp³-hybridized carbons (Fsp3) is 0.429. The molecule has 2 aliphatic carbocycles. The summed E-state index contributed by atoms with van der Waals surface area (Å²) in [5, 5.41) is 39.6. The van der Waals surface area contributed by atoms with E-state index in [1.165, 1.54) is 66.0 Å². The minimum Gasteiger partial charge on any atom is -0.507 e. The van der Waals surface area contributed by atoms with Crippen LogP contribution in [-0.4, -0.2) is 153 Å². The molecule has 81 heavy (non-hydrogen) atoms. The summed E-state index contributed by atoms with van der Waals surface area (Å²) in [6.45, 7) is 3.59. The van der Waals surface area contributed by atoms with Crippen molar-refractivity contribution in [3.05, 3.63) is 105 Å². The number of urea groups is 1. The second kappa shape index (κ2) is 26.7. The van der Waals surface area contributed by atoms with Crippen molar-refractivity contribution >= 4 is 64.9 Å². The van der Waals surface area contributed by atoms with Gasteiger partial charge in [-0.25, -0.2) is 19.1 Å². The number of nitrogens with one attached hydrogen (secondary N) is 3. The lowest BCUT2D eigenvalue weighted by atomic mass is 9.75. The highest BCUT2D eigenvalue weighted by atomic mass is 16.6. The number of hydrogen-bond donors (Lipinski definition) is 6. The number of anilines is 1. The summed E-state index contributed by atoms with van der Waals surface area (Å²) >= 11 is 0. The van der Waals surface area contributed by atoms with Gasteiger partial charge in [-0.1, -0.05) is 49.7 Å². The standard InChI is InChI=1S/C56H66N10O15/c1-31(2)48(60-42(68)14-7-6-8-24-65-43(69)21-22-44(65)70)38-28-66(62-61-38)39(12-10-23-58-54(57)76)53(75)59-34-18-15-32(16-19-34)29-80-55(77)63(3)25-26-64(4)56(78)81-30-40(67)33-17-20-35-37(27-33)51(73)46-47(49(35)71)52(74)45-36(50(46)72)11-9-13-41(45)79-5/h9,11,13,15-16,18-19,21-22,28,31,33,39,48,71,73H,6-8,10,12,14,17,20,23-27,29-30H2,1-5H3,(H,59,75)(H,60,68)(H3,57,58,76). The first-order valence-electron chi connectivity index (χ1n) is 26.5. The Morgan fingerprint density at radius 2 is 1.49 bits per heavy atom. The van der Waals surface area contributed by atoms with Crippen LogP contribution in [0.15, 0.2) is 60.8 Å². The molecule has 8 amide bonds. The van der Waals surface area contributed by atoms with Gasteiger partial charge in [-0.2, -0.15) is 0 Å². The predicted octanol–water partition coefficient (Wildman–Crippen LogP) is 4.41. The van der Waals surface area contributed by atoms with Crippen LogP contribution in [0.25, 0.3) is 0 Å². The summed E-state index contributed by atoms with van der Waals surface area (Å²) in [5.41, 5.74) is 6.42. The number of unbranched alkanes of at least 4 members (excludes halogenated alkanes) is 2. The van der Waals surface area contributed by atoms with E-state index in [2.05, 4.69) is 26.3 Å². The summed E-state index contributed by atoms with van der Waals surface area (Å²) in [5.74, 6) is -4.79. The summed E-state index contributed by atoms with van der Waals surface area (Å²) in [4.78, 5) is 132. The smallest absolute Gasteiger partial charge is 0.409 e. The van der Waals surface area contributed by atoms with Crippen molar-refractivity contribution in [3.8, 4) is 17.2 Å². The van der Waals surface area contributed by atoms with Gasteiger partial charge in [0.05, 0.1) is 36.0 Å². The normalized spacial score (nSPS) is 15.0. The molecule has 3 aliphatic rings. The molecule has 7 rings (SSSR count). The van der Waals surface area contributed by atoms with E-state index >= 15 is 0 Å². The number of carbonyl (C=O) groups is 10. The number of aromatic hydroxyl groups is 2. The van der Waals surface area contributed by atoms with Gasteiger partial charge in [0.1, 0.15) is 35.6 Å². The number of benzene rings is 3. The number of hydrogen-bond acceptors (Lipinski definition) is 17. The van der Waals surface area contributed by atoms with E-state index in [4.69, 9.17) is 19.9 Å². The maximum atomic E-state index is 13.9. The number of primary amides is 1. The molecule has 7 N–H and O–H groups in total. The Morgan fingerprint density at radius 1 is 0.827 bits per heavy atom. The third kappa shape index (κ3) is 14.2. The maximum Gasteiger partial charge on any atom is 0.409 e. The molecule has 430 valence electrons. The van der Waals surface area contributed by atoms with E-state index in [1.54, 1.807) is 30.5 Å². The highest BCUT2D eigenvalue weighted by Gasteiger charge is 2.41. The number of ketones is 3. The highest BCUT2D eigenvalue weighted by Crippen LogP contribution is 2.47. The molecule has 0 spiro atoms. The van der Waals surface area contributed by atoms with Gasteiger partial charge in [0, 0.05) is 87.1 Å². The lowest BCUT2D eigenvalue weighted by Gasteiger charge is -2.29. The maximum absolute atomic E-state index is 13.9. The Hall–Kier alpha value is -9.16. The van der Waals surface area contributed by atoms with Crippen molar-refractivity contribution in [2.75, 3.05) is 59.3 Å². The van der Waals surface area contributed by atoms with Gasteiger partial charge < -0.3 is 55.9 Å². The van der Waals surface area contributed by atoms with Crippen LogP contribution in [0.1, 0.15) is 125 Å². The average Bonchev–Trinajstić information content (AvgIpc) is 4.08. The van der Waals surface area contributed by atoms with Gasteiger partial charge in [0.15, 0.2) is 18.2 Å². The molecule has 2 heterocycles. The van der Waals surface area contributed by atoms with Crippen LogP contribution < -0.4 is 26.4 Å². The molecule has 3 aromatic carbocycles. The van der Waals surface area contributed by atoms with Crippen molar-refractivity contribution in [3.63, 3.8) is 0 Å². The Kier molecular flexibility index (Phi) is 19.6. The van der Waals surface area contributed by atoms with Gasteiger partial charge in [-0.15, -0.1) is 5.10 Å². The second-order valence-corrected chi connectivity index (χ2v) is 20.3. The fourth-order valence-electron chi connectivity index (χ4n) is 9.78. The number of ether oxygens (including phenoxy) is 3. The van der Waals surface area contributed by atoms with Crippen LogP contribution in [0.2, 0.25) is 0 Å². The minimum atomic E-state index is -0.898. The quantitative estimate of drug-likeness (QED) is 0.0268. The Bertz CT molecular complexity index is 3120. The van der Waals surface area contributed by atoms with Crippen molar-refractivity contribution in [2.24, 2.45) is 17.6 Å². The molecule has 25 heteroatoms. The number of phenolic OH excluding ortho intramolecular Hbond substituents is 2. The molecule has 1 aromatic heterocycles. The predicted molar refractivity (Wildman–Crippen MR) is 288 cm³/mol. The highest BCUT2D eigenvalue weighted by molar-refractivity contribution is 6.31. The van der Waals surface area contributed by atoms with Crippen LogP contribution in [0.3, 0.4) is 0 Å². The monoisotopic (exact) mass is 1120 g/mol. The Labute approximate surface area is 466 Å². The van der Waals surface area contributed by atoms with Gasteiger partial charge >= 0.3 is 18.2 Å². The number of amides is 8. The summed E-state index contributed by atoms with van der Waals surface area (Å²) in [6.07, 6.45) is 5.25. The van der Waals surface area contributed by atoms with Crippen molar-refractivity contribution in [2.45, 2.75) is 90.3 Å². The molecular weight excluding hydrogens is 1050 g/mol.